The second kappa shape index (κ2) is 5.68. The van der Waals surface area contributed by atoms with E-state index in [1.807, 2.05) is 13.8 Å². The Labute approximate surface area is 117 Å². The third-order valence-electron chi connectivity index (χ3n) is 4.01. The van der Waals surface area contributed by atoms with Gasteiger partial charge < -0.3 is 5.32 Å². The zero-order chi connectivity index (χ0) is 14.2. The fourth-order valence-corrected chi connectivity index (χ4v) is 5.46. The van der Waals surface area contributed by atoms with E-state index in [0.717, 1.165) is 6.42 Å². The Morgan fingerprint density at radius 3 is 1.74 bits per heavy atom. The van der Waals surface area contributed by atoms with Gasteiger partial charge in [0, 0.05) is 38.3 Å². The lowest BCUT2D eigenvalue weighted by molar-refractivity contribution is 0.193. The fourth-order valence-electron chi connectivity index (χ4n) is 3.42. The number of hydrogen-bond donors (Lipinski definition) is 1. The standard InChI is InChI=1S/C13H27N3O2S/c1-10-5-11(2)7-15(6-10)19(17,18)16-8-12(3)14-13(4)9-16/h10-14H,5-9H2,1-4H3. The molecule has 0 aromatic rings. The van der Waals surface area contributed by atoms with Crippen molar-refractivity contribution in [3.63, 3.8) is 0 Å². The van der Waals surface area contributed by atoms with Crippen molar-refractivity contribution in [2.45, 2.75) is 46.2 Å². The highest BCUT2D eigenvalue weighted by atomic mass is 32.2. The molecule has 0 aromatic heterocycles. The maximum Gasteiger partial charge on any atom is 0.282 e. The molecule has 0 radical (unpaired) electrons. The third kappa shape index (κ3) is 3.48. The molecule has 0 aliphatic carbocycles. The molecular weight excluding hydrogens is 262 g/mol. The molecule has 4 unspecified atom stereocenters. The van der Waals surface area contributed by atoms with Gasteiger partial charge >= 0.3 is 0 Å². The molecule has 0 spiro atoms. The van der Waals surface area contributed by atoms with Gasteiger partial charge in [0.05, 0.1) is 0 Å². The van der Waals surface area contributed by atoms with Crippen LogP contribution in [0.4, 0.5) is 0 Å². The van der Waals surface area contributed by atoms with Crippen LogP contribution in [-0.2, 0) is 10.2 Å². The Morgan fingerprint density at radius 2 is 1.26 bits per heavy atom. The van der Waals surface area contributed by atoms with Gasteiger partial charge in [-0.1, -0.05) is 13.8 Å². The summed E-state index contributed by atoms with van der Waals surface area (Å²) in [6.45, 7) is 10.8. The molecule has 2 heterocycles. The van der Waals surface area contributed by atoms with Crippen LogP contribution in [0.5, 0.6) is 0 Å². The molecule has 0 amide bonds. The first kappa shape index (κ1) is 15.2. The number of nitrogens with zero attached hydrogens (tertiary/aromatic N) is 2. The predicted octanol–water partition coefficient (Wildman–Crippen LogP) is 0.891. The van der Waals surface area contributed by atoms with Gasteiger partial charge in [0.25, 0.3) is 10.2 Å². The molecule has 1 N–H and O–H groups in total. The van der Waals surface area contributed by atoms with Crippen LogP contribution >= 0.6 is 0 Å². The van der Waals surface area contributed by atoms with Gasteiger partial charge in [0.15, 0.2) is 0 Å². The van der Waals surface area contributed by atoms with E-state index in [9.17, 15) is 8.42 Å². The normalized spacial score (nSPS) is 39.4. The van der Waals surface area contributed by atoms with E-state index in [-0.39, 0.29) is 12.1 Å². The minimum Gasteiger partial charge on any atom is -0.309 e. The van der Waals surface area contributed by atoms with E-state index in [1.54, 1.807) is 8.61 Å². The average Bonchev–Trinajstić information content (AvgIpc) is 2.26. The minimum atomic E-state index is -3.29. The average molecular weight is 289 g/mol. The van der Waals surface area contributed by atoms with Gasteiger partial charge in [0.1, 0.15) is 0 Å². The Hall–Kier alpha value is -0.170. The lowest BCUT2D eigenvalue weighted by Gasteiger charge is -2.41. The predicted molar refractivity (Wildman–Crippen MR) is 77.1 cm³/mol. The summed E-state index contributed by atoms with van der Waals surface area (Å²) in [6, 6.07) is 0.441. The van der Waals surface area contributed by atoms with E-state index >= 15 is 0 Å². The van der Waals surface area contributed by atoms with Gasteiger partial charge in [-0.15, -0.1) is 0 Å². The van der Waals surface area contributed by atoms with E-state index in [0.29, 0.717) is 38.0 Å². The third-order valence-corrected chi connectivity index (χ3v) is 5.91. The maximum absolute atomic E-state index is 12.7. The molecule has 2 saturated heterocycles. The van der Waals surface area contributed by atoms with Crippen LogP contribution < -0.4 is 5.32 Å². The molecule has 5 nitrogen and oxygen atoms in total. The van der Waals surface area contributed by atoms with Crippen LogP contribution in [0.3, 0.4) is 0 Å². The van der Waals surface area contributed by atoms with Crippen molar-refractivity contribution >= 4 is 10.2 Å². The molecule has 0 bridgehead atoms. The topological polar surface area (TPSA) is 52.7 Å². The Morgan fingerprint density at radius 1 is 0.842 bits per heavy atom. The molecule has 6 heteroatoms. The van der Waals surface area contributed by atoms with Crippen LogP contribution in [0.2, 0.25) is 0 Å². The van der Waals surface area contributed by atoms with E-state index < -0.39 is 10.2 Å². The Bertz CT molecular complexity index is 360. The first-order valence-corrected chi connectivity index (χ1v) is 8.70. The lowest BCUT2D eigenvalue weighted by Crippen LogP contribution is -2.59. The highest BCUT2D eigenvalue weighted by Crippen LogP contribution is 2.25. The second-order valence-electron chi connectivity index (χ2n) is 6.56. The molecule has 19 heavy (non-hydrogen) atoms. The lowest BCUT2D eigenvalue weighted by atomic mass is 9.94. The largest absolute Gasteiger partial charge is 0.309 e. The number of piperazine rings is 1. The van der Waals surface area contributed by atoms with Crippen molar-refractivity contribution in [1.29, 1.82) is 0 Å². The van der Waals surface area contributed by atoms with Crippen LogP contribution in [0, 0.1) is 11.8 Å². The monoisotopic (exact) mass is 289 g/mol. The Balaban J connectivity index is 2.12. The highest BCUT2D eigenvalue weighted by molar-refractivity contribution is 7.86. The quantitative estimate of drug-likeness (QED) is 0.821. The van der Waals surface area contributed by atoms with E-state index in [1.165, 1.54) is 0 Å². The number of piperidine rings is 1. The summed E-state index contributed by atoms with van der Waals surface area (Å²) in [5.41, 5.74) is 0. The van der Waals surface area contributed by atoms with E-state index in [4.69, 9.17) is 0 Å². The molecule has 2 rings (SSSR count). The van der Waals surface area contributed by atoms with Crippen LogP contribution in [0.15, 0.2) is 0 Å². The molecule has 0 saturated carbocycles. The zero-order valence-corrected chi connectivity index (χ0v) is 13.3. The first-order chi connectivity index (χ1) is 8.79. The summed E-state index contributed by atoms with van der Waals surface area (Å²) in [7, 11) is -3.29. The van der Waals surface area contributed by atoms with Crippen LogP contribution in [0.1, 0.15) is 34.1 Å². The molecule has 0 aromatic carbocycles. The van der Waals surface area contributed by atoms with Gasteiger partial charge in [0.2, 0.25) is 0 Å². The molecule has 2 aliphatic rings. The van der Waals surface area contributed by atoms with Crippen molar-refractivity contribution in [2.24, 2.45) is 11.8 Å². The number of hydrogen-bond acceptors (Lipinski definition) is 3. The molecule has 2 fully saturated rings. The van der Waals surface area contributed by atoms with E-state index in [2.05, 4.69) is 19.2 Å². The van der Waals surface area contributed by atoms with Crippen molar-refractivity contribution in [3.05, 3.63) is 0 Å². The molecule has 4 atom stereocenters. The van der Waals surface area contributed by atoms with Crippen molar-refractivity contribution in [1.82, 2.24) is 13.9 Å². The summed E-state index contributed by atoms with van der Waals surface area (Å²) in [5, 5.41) is 3.38. The molecule has 2 aliphatic heterocycles. The first-order valence-electron chi connectivity index (χ1n) is 7.30. The minimum absolute atomic E-state index is 0.221. The van der Waals surface area contributed by atoms with Crippen molar-refractivity contribution in [2.75, 3.05) is 26.2 Å². The van der Waals surface area contributed by atoms with Gasteiger partial charge in [-0.3, -0.25) is 0 Å². The van der Waals surface area contributed by atoms with Crippen molar-refractivity contribution in [3.8, 4) is 0 Å². The highest BCUT2D eigenvalue weighted by Gasteiger charge is 2.37. The summed E-state index contributed by atoms with van der Waals surface area (Å²) in [5.74, 6) is 0.910. The number of rotatable bonds is 2. The molecule has 112 valence electrons. The van der Waals surface area contributed by atoms with Gasteiger partial charge in [-0.25, -0.2) is 0 Å². The second-order valence-corrected chi connectivity index (χ2v) is 8.49. The SMILES string of the molecule is CC1CC(C)CN(S(=O)(=O)N2CC(C)NC(C)C2)C1. The van der Waals surface area contributed by atoms with Crippen LogP contribution in [-0.4, -0.2) is 55.3 Å². The maximum atomic E-state index is 12.7. The Kier molecular flexibility index (Phi) is 4.55. The van der Waals surface area contributed by atoms with Gasteiger partial charge in [-0.05, 0) is 32.1 Å². The fraction of sp³-hybridized carbons (Fsp3) is 1.00. The summed E-state index contributed by atoms with van der Waals surface area (Å²) in [4.78, 5) is 0. The summed E-state index contributed by atoms with van der Waals surface area (Å²) >= 11 is 0. The summed E-state index contributed by atoms with van der Waals surface area (Å²) < 4.78 is 28.8. The summed E-state index contributed by atoms with van der Waals surface area (Å²) in [6.07, 6.45) is 1.13. The molecular formula is C13H27N3O2S. The smallest absolute Gasteiger partial charge is 0.282 e. The zero-order valence-electron chi connectivity index (χ0n) is 12.5. The number of nitrogens with one attached hydrogen (secondary N) is 1. The van der Waals surface area contributed by atoms with Crippen LogP contribution in [0.25, 0.3) is 0 Å². The van der Waals surface area contributed by atoms with Gasteiger partial charge in [-0.2, -0.15) is 17.0 Å². The van der Waals surface area contributed by atoms with Crippen molar-refractivity contribution < 1.29 is 8.42 Å².